The molecule has 0 aromatic heterocycles. The monoisotopic (exact) mass is 784 g/mol. The maximum Gasteiger partial charge on any atom is 0.309 e. The van der Waals surface area contributed by atoms with E-state index in [1.54, 1.807) is 27.2 Å². The van der Waals surface area contributed by atoms with Gasteiger partial charge in [-0.1, -0.05) is 157 Å². The van der Waals surface area contributed by atoms with Gasteiger partial charge in [0.15, 0.2) is 6.10 Å². The second-order valence-electron chi connectivity index (χ2n) is 15.5. The minimum Gasteiger partial charge on any atom is -0.544 e. The molecule has 2 atom stereocenters. The molecule has 0 amide bonds. The number of esters is 2. The van der Waals surface area contributed by atoms with Gasteiger partial charge in [-0.05, 0) is 57.8 Å². The number of quaternary nitrogens is 1. The predicted octanol–water partition coefficient (Wildman–Crippen LogP) is 10.6. The van der Waals surface area contributed by atoms with Crippen LogP contribution in [-0.4, -0.2) is 75.5 Å². The average Bonchev–Trinajstić information content (AvgIpc) is 3.15. The van der Waals surface area contributed by atoms with Crippen molar-refractivity contribution in [1.82, 2.24) is 0 Å². The van der Waals surface area contributed by atoms with Crippen molar-refractivity contribution in [3.8, 4) is 0 Å². The van der Waals surface area contributed by atoms with Crippen molar-refractivity contribution in [3.05, 3.63) is 72.9 Å². The molecule has 0 aliphatic rings. The Hall–Kier alpha value is -3.23. The maximum atomic E-state index is 12.7. The Labute approximate surface area is 342 Å². The van der Waals surface area contributed by atoms with E-state index in [1.807, 2.05) is 6.08 Å². The van der Waals surface area contributed by atoms with Crippen LogP contribution in [0.1, 0.15) is 162 Å². The first kappa shape index (κ1) is 52.8. The summed E-state index contributed by atoms with van der Waals surface area (Å²) >= 11 is 0. The summed E-state index contributed by atoms with van der Waals surface area (Å²) in [5, 5.41) is 11.6. The van der Waals surface area contributed by atoms with Crippen molar-refractivity contribution in [2.45, 2.75) is 174 Å². The average molecular weight is 784 g/mol. The Morgan fingerprint density at radius 1 is 0.554 bits per heavy atom. The van der Waals surface area contributed by atoms with Gasteiger partial charge in [0.2, 0.25) is 0 Å². The summed E-state index contributed by atoms with van der Waals surface area (Å²) < 4.78 is 17.0. The maximum absolute atomic E-state index is 12.7. The SMILES string of the molecule is CC/C=C/C/C=C/C/C=C/CCCCCCCCCCCCCCCC(=O)OC(COCCC(C(=O)[O-])[N+](C)(C)C)COC(=O)C/C=C/C/C=C/C/C=C/CC. The van der Waals surface area contributed by atoms with Crippen LogP contribution in [-0.2, 0) is 28.6 Å². The standard InChI is InChI=1S/C48H81NO7/c1-6-8-10-12-14-16-17-18-19-20-21-22-23-24-25-26-27-28-29-31-33-35-37-39-47(51)56-44(42-54-41-40-45(48(52)53)49(3,4)5)43-55-46(50)38-36-34-32-30-15-13-11-9-7-2/h8-11,14-16,18-19,30,34,36,44-45H,6-7,12-13,17,20-29,31-33,35,37-43H2,1-5H3/b10-8+,11-9+,16-14+,19-18+,30-15+,36-34+. The van der Waals surface area contributed by atoms with E-state index in [1.165, 1.54) is 70.6 Å². The summed E-state index contributed by atoms with van der Waals surface area (Å²) in [5.41, 5.74) is 0. The largest absolute Gasteiger partial charge is 0.544 e. The van der Waals surface area contributed by atoms with Crippen molar-refractivity contribution >= 4 is 17.9 Å². The highest BCUT2D eigenvalue weighted by molar-refractivity contribution is 5.71. The molecule has 8 heteroatoms. The van der Waals surface area contributed by atoms with Crippen LogP contribution in [0.25, 0.3) is 0 Å². The second-order valence-corrected chi connectivity index (χ2v) is 15.5. The van der Waals surface area contributed by atoms with Gasteiger partial charge in [0.05, 0.1) is 46.7 Å². The third kappa shape index (κ3) is 36.4. The van der Waals surface area contributed by atoms with Crippen molar-refractivity contribution in [2.24, 2.45) is 0 Å². The fourth-order valence-corrected chi connectivity index (χ4v) is 6.03. The Bertz CT molecular complexity index is 1140. The van der Waals surface area contributed by atoms with Crippen LogP contribution >= 0.6 is 0 Å². The molecule has 0 saturated heterocycles. The first-order valence-corrected chi connectivity index (χ1v) is 22.0. The molecule has 0 fully saturated rings. The van der Waals surface area contributed by atoms with E-state index in [-0.39, 0.29) is 43.1 Å². The number of nitrogens with zero attached hydrogens (tertiary/aromatic N) is 1. The number of aliphatic carboxylic acids is 1. The van der Waals surface area contributed by atoms with Gasteiger partial charge < -0.3 is 28.6 Å². The zero-order chi connectivity index (χ0) is 41.4. The first-order valence-electron chi connectivity index (χ1n) is 22.0. The third-order valence-corrected chi connectivity index (χ3v) is 9.37. The Balaban J connectivity index is 4.25. The number of rotatable bonds is 38. The highest BCUT2D eigenvalue weighted by Gasteiger charge is 2.25. The van der Waals surface area contributed by atoms with Gasteiger partial charge in [0, 0.05) is 12.8 Å². The van der Waals surface area contributed by atoms with Crippen LogP contribution in [0, 0.1) is 0 Å². The number of unbranched alkanes of at least 4 members (excludes halogenated alkanes) is 13. The molecular weight excluding hydrogens is 703 g/mol. The van der Waals surface area contributed by atoms with Crippen LogP contribution in [0.3, 0.4) is 0 Å². The fraction of sp³-hybridized carbons (Fsp3) is 0.688. The van der Waals surface area contributed by atoms with Gasteiger partial charge in [-0.2, -0.15) is 0 Å². The molecule has 320 valence electrons. The molecule has 0 aromatic rings. The van der Waals surface area contributed by atoms with E-state index in [2.05, 4.69) is 74.6 Å². The van der Waals surface area contributed by atoms with Gasteiger partial charge in [-0.25, -0.2) is 0 Å². The molecule has 56 heavy (non-hydrogen) atoms. The van der Waals surface area contributed by atoms with E-state index in [0.29, 0.717) is 6.42 Å². The normalized spacial score (nSPS) is 13.7. The summed E-state index contributed by atoms with van der Waals surface area (Å²) in [6, 6.07) is -0.738. The molecule has 2 unspecified atom stereocenters. The van der Waals surface area contributed by atoms with Gasteiger partial charge in [-0.15, -0.1) is 0 Å². The van der Waals surface area contributed by atoms with Crippen LogP contribution in [0.15, 0.2) is 72.9 Å². The summed E-state index contributed by atoms with van der Waals surface area (Å²) in [6.45, 7) is 4.31. The van der Waals surface area contributed by atoms with Crippen LogP contribution in [0.2, 0.25) is 0 Å². The molecule has 8 nitrogen and oxygen atoms in total. The van der Waals surface area contributed by atoms with Gasteiger partial charge in [-0.3, -0.25) is 9.59 Å². The third-order valence-electron chi connectivity index (χ3n) is 9.37. The summed E-state index contributed by atoms with van der Waals surface area (Å²) in [4.78, 5) is 36.7. The van der Waals surface area contributed by atoms with Crippen molar-refractivity contribution in [2.75, 3.05) is 41.0 Å². The second kappa shape index (κ2) is 38.6. The number of carboxylic acids is 1. The molecule has 0 aromatic carbocycles. The minimum absolute atomic E-state index is 0.0107. The number of allylic oxidation sites excluding steroid dienone is 11. The molecule has 0 rings (SSSR count). The lowest BCUT2D eigenvalue weighted by Crippen LogP contribution is -2.55. The number of hydrogen-bond donors (Lipinski definition) is 0. The van der Waals surface area contributed by atoms with E-state index in [4.69, 9.17) is 14.2 Å². The van der Waals surface area contributed by atoms with E-state index >= 15 is 0 Å². The predicted molar refractivity (Wildman–Crippen MR) is 231 cm³/mol. The topological polar surface area (TPSA) is 102 Å². The Morgan fingerprint density at radius 2 is 1.00 bits per heavy atom. The molecule has 0 radical (unpaired) electrons. The summed E-state index contributed by atoms with van der Waals surface area (Å²) in [7, 11) is 5.37. The fourth-order valence-electron chi connectivity index (χ4n) is 6.03. The molecular formula is C48H81NO7. The number of carbonyl (C=O) groups is 3. The Kier molecular flexibility index (Phi) is 36.4. The lowest BCUT2D eigenvalue weighted by molar-refractivity contribution is -0.889. The molecule has 0 aliphatic carbocycles. The lowest BCUT2D eigenvalue weighted by Gasteiger charge is -2.34. The van der Waals surface area contributed by atoms with Gasteiger partial charge >= 0.3 is 11.9 Å². The molecule has 0 aliphatic heterocycles. The summed E-state index contributed by atoms with van der Waals surface area (Å²) in [5.74, 6) is -1.89. The van der Waals surface area contributed by atoms with Gasteiger partial charge in [0.1, 0.15) is 12.6 Å². The quantitative estimate of drug-likeness (QED) is 0.0266. The van der Waals surface area contributed by atoms with Crippen molar-refractivity contribution in [3.63, 3.8) is 0 Å². The van der Waals surface area contributed by atoms with E-state index < -0.39 is 24.1 Å². The van der Waals surface area contributed by atoms with Crippen molar-refractivity contribution < 1.29 is 38.2 Å². The van der Waals surface area contributed by atoms with E-state index in [0.717, 1.165) is 57.8 Å². The minimum atomic E-state index is -1.14. The van der Waals surface area contributed by atoms with E-state index in [9.17, 15) is 19.5 Å². The molecule has 0 N–H and O–H groups in total. The zero-order valence-corrected chi connectivity index (χ0v) is 36.3. The number of carboxylic acid groups (broad SMARTS) is 1. The van der Waals surface area contributed by atoms with Crippen LogP contribution < -0.4 is 5.11 Å². The highest BCUT2D eigenvalue weighted by atomic mass is 16.6. The molecule has 0 saturated carbocycles. The zero-order valence-electron chi connectivity index (χ0n) is 36.3. The number of ether oxygens (including phenoxy) is 3. The molecule has 0 bridgehead atoms. The number of hydrogen-bond acceptors (Lipinski definition) is 7. The first-order chi connectivity index (χ1) is 27.1. The van der Waals surface area contributed by atoms with Gasteiger partial charge in [0.25, 0.3) is 0 Å². The van der Waals surface area contributed by atoms with Crippen molar-refractivity contribution in [1.29, 1.82) is 0 Å². The highest BCUT2D eigenvalue weighted by Crippen LogP contribution is 2.14. The smallest absolute Gasteiger partial charge is 0.309 e. The Morgan fingerprint density at radius 3 is 1.48 bits per heavy atom. The molecule has 0 heterocycles. The van der Waals surface area contributed by atoms with Crippen LogP contribution in [0.4, 0.5) is 0 Å². The molecule has 0 spiro atoms. The van der Waals surface area contributed by atoms with Crippen LogP contribution in [0.5, 0.6) is 0 Å². The number of likely N-dealkylation sites (N-methyl/N-ethyl adjacent to an activating group) is 1. The lowest BCUT2D eigenvalue weighted by atomic mass is 10.0. The number of carbonyl (C=O) groups excluding carboxylic acids is 3. The summed E-state index contributed by atoms with van der Waals surface area (Å²) in [6.07, 6.45) is 48.4.